The van der Waals surface area contributed by atoms with Crippen LogP contribution in [-0.4, -0.2) is 27.6 Å². The number of halogens is 2. The number of hydrogen-bond acceptors (Lipinski definition) is 3. The maximum absolute atomic E-state index is 11.7. The Morgan fingerprint density at radius 1 is 1.67 bits per heavy atom. The summed E-state index contributed by atoms with van der Waals surface area (Å²) in [4.78, 5) is 11.7. The van der Waals surface area contributed by atoms with Crippen LogP contribution in [0.4, 0.5) is 0 Å². The predicted octanol–water partition coefficient (Wildman–Crippen LogP) is 3.04. The molecule has 0 spiro atoms. The third-order valence-electron chi connectivity index (χ3n) is 2.78. The minimum absolute atomic E-state index is 0.123. The number of carbonyl (C=O) groups is 1. The fraction of sp³-hybridized carbons (Fsp3) is 0.333. The van der Waals surface area contributed by atoms with Crippen LogP contribution in [0.3, 0.4) is 0 Å². The normalized spacial score (nSPS) is 18.9. The second kappa shape index (κ2) is 5.28. The van der Waals surface area contributed by atoms with Crippen molar-refractivity contribution >= 4 is 39.1 Å². The van der Waals surface area contributed by atoms with Gasteiger partial charge in [0.05, 0.1) is 6.04 Å². The Labute approximate surface area is 118 Å². The number of amides is 1. The van der Waals surface area contributed by atoms with Crippen molar-refractivity contribution in [2.75, 3.05) is 5.88 Å². The van der Waals surface area contributed by atoms with E-state index in [1.165, 1.54) is 5.01 Å². The van der Waals surface area contributed by atoms with E-state index in [4.69, 9.17) is 11.6 Å². The van der Waals surface area contributed by atoms with Crippen molar-refractivity contribution in [1.29, 1.82) is 0 Å². The Balaban J connectivity index is 2.38. The topological polar surface area (TPSA) is 52.9 Å². The van der Waals surface area contributed by atoms with E-state index >= 15 is 0 Å². The van der Waals surface area contributed by atoms with Gasteiger partial charge in [0.2, 0.25) is 0 Å². The SMILES string of the molecule is CC1=NN(C(=O)CCl)C(c2cc(Br)ccc2O)C1. The number of rotatable bonds is 2. The molecule has 1 unspecified atom stereocenters. The number of nitrogens with zero attached hydrogens (tertiary/aromatic N) is 2. The third-order valence-corrected chi connectivity index (χ3v) is 3.50. The molecule has 1 atom stereocenters. The third kappa shape index (κ3) is 2.52. The summed E-state index contributed by atoms with van der Waals surface area (Å²) in [5, 5.41) is 15.4. The van der Waals surface area contributed by atoms with Crippen LogP contribution in [0.5, 0.6) is 5.75 Å². The molecule has 1 heterocycles. The first kappa shape index (κ1) is 13.4. The number of phenolic OH excluding ortho intramolecular Hbond substituents is 1. The molecule has 1 aliphatic heterocycles. The second-order valence-corrected chi connectivity index (χ2v) is 5.31. The summed E-state index contributed by atoms with van der Waals surface area (Å²) in [6.45, 7) is 1.85. The highest BCUT2D eigenvalue weighted by Crippen LogP contribution is 2.37. The van der Waals surface area contributed by atoms with Crippen LogP contribution in [0.25, 0.3) is 0 Å². The summed E-state index contributed by atoms with van der Waals surface area (Å²) in [7, 11) is 0. The van der Waals surface area contributed by atoms with E-state index in [0.29, 0.717) is 12.0 Å². The molecule has 0 bridgehead atoms. The molecule has 1 aromatic rings. The van der Waals surface area contributed by atoms with E-state index < -0.39 is 0 Å². The van der Waals surface area contributed by atoms with Crippen molar-refractivity contribution in [3.05, 3.63) is 28.2 Å². The van der Waals surface area contributed by atoms with Crippen molar-refractivity contribution in [3.8, 4) is 5.75 Å². The lowest BCUT2D eigenvalue weighted by Crippen LogP contribution is -2.28. The molecular formula is C12H12BrClN2O2. The van der Waals surface area contributed by atoms with E-state index in [0.717, 1.165) is 10.2 Å². The molecule has 0 fully saturated rings. The van der Waals surface area contributed by atoms with Gasteiger partial charge in [-0.1, -0.05) is 15.9 Å². The molecule has 2 rings (SSSR count). The molecule has 0 aromatic heterocycles. The van der Waals surface area contributed by atoms with Crippen molar-refractivity contribution < 1.29 is 9.90 Å². The molecule has 0 saturated carbocycles. The molecule has 18 heavy (non-hydrogen) atoms. The fourth-order valence-electron chi connectivity index (χ4n) is 1.99. The average molecular weight is 332 g/mol. The Bertz CT molecular complexity index is 519. The highest BCUT2D eigenvalue weighted by atomic mass is 79.9. The Kier molecular flexibility index (Phi) is 3.92. The quantitative estimate of drug-likeness (QED) is 0.847. The minimum atomic E-state index is -0.284. The molecule has 1 amide bonds. The Hall–Kier alpha value is -1.07. The molecule has 0 saturated heterocycles. The molecule has 96 valence electrons. The van der Waals surface area contributed by atoms with Crippen LogP contribution in [0, 0.1) is 0 Å². The lowest BCUT2D eigenvalue weighted by atomic mass is 10.0. The summed E-state index contributed by atoms with van der Waals surface area (Å²) in [5.41, 5.74) is 1.52. The van der Waals surface area contributed by atoms with Crippen LogP contribution in [0.2, 0.25) is 0 Å². The first-order valence-electron chi connectivity index (χ1n) is 5.43. The first-order chi connectivity index (χ1) is 8.52. The van der Waals surface area contributed by atoms with Gasteiger partial charge in [0.25, 0.3) is 5.91 Å². The predicted molar refractivity (Wildman–Crippen MR) is 73.8 cm³/mol. The largest absolute Gasteiger partial charge is 0.508 e. The maximum Gasteiger partial charge on any atom is 0.258 e. The van der Waals surface area contributed by atoms with Gasteiger partial charge in [-0.25, -0.2) is 5.01 Å². The van der Waals surface area contributed by atoms with Crippen molar-refractivity contribution in [3.63, 3.8) is 0 Å². The number of carbonyl (C=O) groups excluding carboxylic acids is 1. The highest BCUT2D eigenvalue weighted by Gasteiger charge is 2.32. The lowest BCUT2D eigenvalue weighted by Gasteiger charge is -2.22. The molecule has 1 N–H and O–H groups in total. The number of hydrazone groups is 1. The van der Waals surface area contributed by atoms with Gasteiger partial charge in [-0.05, 0) is 25.1 Å². The monoisotopic (exact) mass is 330 g/mol. The van der Waals surface area contributed by atoms with Crippen LogP contribution in [-0.2, 0) is 4.79 Å². The van der Waals surface area contributed by atoms with E-state index in [2.05, 4.69) is 21.0 Å². The Morgan fingerprint density at radius 2 is 2.39 bits per heavy atom. The summed E-state index contributed by atoms with van der Waals surface area (Å²) in [6, 6.07) is 4.85. The summed E-state index contributed by atoms with van der Waals surface area (Å²) in [5.74, 6) is -0.236. The van der Waals surface area contributed by atoms with Crippen molar-refractivity contribution in [1.82, 2.24) is 5.01 Å². The smallest absolute Gasteiger partial charge is 0.258 e. The minimum Gasteiger partial charge on any atom is -0.508 e. The average Bonchev–Trinajstić information content (AvgIpc) is 2.73. The fourth-order valence-corrected chi connectivity index (χ4v) is 2.49. The molecule has 1 aromatic carbocycles. The summed E-state index contributed by atoms with van der Waals surface area (Å²) < 4.78 is 0.845. The van der Waals surface area contributed by atoms with E-state index in [1.54, 1.807) is 18.2 Å². The highest BCUT2D eigenvalue weighted by molar-refractivity contribution is 9.10. The molecule has 0 radical (unpaired) electrons. The van der Waals surface area contributed by atoms with E-state index in [9.17, 15) is 9.90 Å². The van der Waals surface area contributed by atoms with E-state index in [-0.39, 0.29) is 23.6 Å². The zero-order valence-corrected chi connectivity index (χ0v) is 12.1. The summed E-state index contributed by atoms with van der Waals surface area (Å²) in [6.07, 6.45) is 0.604. The molecule has 1 aliphatic rings. The van der Waals surface area contributed by atoms with Gasteiger partial charge < -0.3 is 5.11 Å². The lowest BCUT2D eigenvalue weighted by molar-refractivity contribution is -0.130. The van der Waals surface area contributed by atoms with Gasteiger partial charge in [-0.15, -0.1) is 11.6 Å². The Morgan fingerprint density at radius 3 is 3.06 bits per heavy atom. The molecule has 4 nitrogen and oxygen atoms in total. The van der Waals surface area contributed by atoms with Gasteiger partial charge >= 0.3 is 0 Å². The standard InChI is InChI=1S/C12H12BrClN2O2/c1-7-4-10(16(15-7)12(18)6-14)9-5-8(13)2-3-11(9)17/h2-3,5,10,17H,4,6H2,1H3. The molecule has 6 heteroatoms. The zero-order chi connectivity index (χ0) is 13.3. The van der Waals surface area contributed by atoms with Crippen LogP contribution < -0.4 is 0 Å². The second-order valence-electron chi connectivity index (χ2n) is 4.13. The first-order valence-corrected chi connectivity index (χ1v) is 6.76. The molecular weight excluding hydrogens is 320 g/mol. The van der Waals surface area contributed by atoms with Gasteiger partial charge in [-0.2, -0.15) is 5.10 Å². The van der Waals surface area contributed by atoms with Crippen LogP contribution in [0.15, 0.2) is 27.8 Å². The number of hydrogen-bond donors (Lipinski definition) is 1. The maximum atomic E-state index is 11.7. The van der Waals surface area contributed by atoms with Crippen LogP contribution in [0.1, 0.15) is 24.9 Å². The number of aromatic hydroxyl groups is 1. The van der Waals surface area contributed by atoms with E-state index in [1.807, 2.05) is 6.92 Å². The van der Waals surface area contributed by atoms with Gasteiger partial charge in [-0.3, -0.25) is 4.79 Å². The van der Waals surface area contributed by atoms with Gasteiger partial charge in [0.1, 0.15) is 11.6 Å². The number of benzene rings is 1. The van der Waals surface area contributed by atoms with Crippen LogP contribution >= 0.6 is 27.5 Å². The summed E-state index contributed by atoms with van der Waals surface area (Å²) >= 11 is 8.93. The number of alkyl halides is 1. The number of phenols is 1. The van der Waals surface area contributed by atoms with Gasteiger partial charge in [0, 0.05) is 22.2 Å². The van der Waals surface area contributed by atoms with Gasteiger partial charge in [0.15, 0.2) is 0 Å². The molecule has 0 aliphatic carbocycles. The zero-order valence-electron chi connectivity index (χ0n) is 9.73. The van der Waals surface area contributed by atoms with Crippen molar-refractivity contribution in [2.45, 2.75) is 19.4 Å². The van der Waals surface area contributed by atoms with Crippen molar-refractivity contribution in [2.24, 2.45) is 5.10 Å².